The van der Waals surface area contributed by atoms with Gasteiger partial charge in [0.15, 0.2) is 0 Å². The van der Waals surface area contributed by atoms with E-state index in [9.17, 15) is 0 Å². The van der Waals surface area contributed by atoms with Crippen molar-refractivity contribution in [2.45, 2.75) is 6.92 Å². The Bertz CT molecular complexity index is 611. The van der Waals surface area contributed by atoms with E-state index in [1.165, 1.54) is 5.69 Å². The van der Waals surface area contributed by atoms with Crippen LogP contribution in [0.3, 0.4) is 0 Å². The lowest BCUT2D eigenvalue weighted by Gasteiger charge is -2.31. The lowest BCUT2D eigenvalue weighted by atomic mass is 10.1. The first-order valence-corrected chi connectivity index (χ1v) is 7.75. The minimum atomic E-state index is 0.676. The minimum absolute atomic E-state index is 0.676. The number of ether oxygens (including phenoxy) is 1. The average molecular weight is 336 g/mol. The van der Waals surface area contributed by atoms with E-state index < -0.39 is 0 Å². The quantitative estimate of drug-likeness (QED) is 0.935. The minimum Gasteiger partial charge on any atom is -0.494 e. The molecule has 1 aliphatic heterocycles. The average Bonchev–Trinajstić information content (AvgIpc) is 2.48. The van der Waals surface area contributed by atoms with Crippen molar-refractivity contribution in [2.75, 3.05) is 37.7 Å². The van der Waals surface area contributed by atoms with Gasteiger partial charge in [0, 0.05) is 37.8 Å². The Morgan fingerprint density at radius 3 is 2.90 bits per heavy atom. The summed E-state index contributed by atoms with van der Waals surface area (Å²) in [6.07, 6.45) is 1.89. The molecule has 3 rings (SSSR count). The number of nitrogens with zero attached hydrogens (tertiary/aromatic N) is 2. The summed E-state index contributed by atoms with van der Waals surface area (Å²) in [4.78, 5) is 6.90. The number of anilines is 1. The third-order valence-corrected chi connectivity index (χ3v) is 4.09. The maximum absolute atomic E-state index is 5.62. The Morgan fingerprint density at radius 1 is 1.35 bits per heavy atom. The molecule has 0 bridgehead atoms. The van der Waals surface area contributed by atoms with Crippen LogP contribution in [0.25, 0.3) is 10.9 Å². The van der Waals surface area contributed by atoms with Crippen molar-refractivity contribution in [2.24, 2.45) is 0 Å². The monoisotopic (exact) mass is 335 g/mol. The van der Waals surface area contributed by atoms with E-state index in [1.54, 1.807) is 0 Å². The van der Waals surface area contributed by atoms with Crippen LogP contribution in [0.15, 0.2) is 28.9 Å². The molecule has 4 nitrogen and oxygen atoms in total. The second kappa shape index (κ2) is 5.97. The first-order chi connectivity index (χ1) is 9.79. The number of rotatable bonds is 3. The standard InChI is InChI=1S/C15H18BrN3O/c1-2-20-11-3-4-14-12(9-11)15(13(16)10-18-14)19-7-5-17-6-8-19/h3-4,9-10,17H,2,5-8H2,1H3. The van der Waals surface area contributed by atoms with Gasteiger partial charge in [-0.25, -0.2) is 0 Å². The molecule has 0 spiro atoms. The molecule has 0 atom stereocenters. The maximum atomic E-state index is 5.62. The van der Waals surface area contributed by atoms with E-state index in [-0.39, 0.29) is 0 Å². The van der Waals surface area contributed by atoms with Crippen molar-refractivity contribution in [3.63, 3.8) is 0 Å². The third kappa shape index (κ3) is 2.60. The van der Waals surface area contributed by atoms with E-state index in [0.717, 1.165) is 47.3 Å². The third-order valence-electron chi connectivity index (χ3n) is 3.51. The van der Waals surface area contributed by atoms with Gasteiger partial charge >= 0.3 is 0 Å². The van der Waals surface area contributed by atoms with Crippen molar-refractivity contribution in [1.29, 1.82) is 0 Å². The Hall–Kier alpha value is -1.33. The Labute approximate surface area is 127 Å². The summed E-state index contributed by atoms with van der Waals surface area (Å²) in [5, 5.41) is 4.53. The summed E-state index contributed by atoms with van der Waals surface area (Å²) >= 11 is 3.65. The molecular weight excluding hydrogens is 318 g/mol. The van der Waals surface area contributed by atoms with Crippen molar-refractivity contribution < 1.29 is 4.74 Å². The number of fused-ring (bicyclic) bond motifs is 1. The number of pyridine rings is 1. The lowest BCUT2D eigenvalue weighted by Crippen LogP contribution is -2.43. The van der Waals surface area contributed by atoms with Gasteiger partial charge in [0.1, 0.15) is 5.75 Å². The van der Waals surface area contributed by atoms with Gasteiger partial charge in [0.25, 0.3) is 0 Å². The molecule has 2 aromatic rings. The van der Waals surface area contributed by atoms with Crippen LogP contribution in [0.4, 0.5) is 5.69 Å². The highest BCUT2D eigenvalue weighted by Gasteiger charge is 2.17. The van der Waals surface area contributed by atoms with Gasteiger partial charge in [-0.3, -0.25) is 4.98 Å². The zero-order valence-electron chi connectivity index (χ0n) is 11.5. The van der Waals surface area contributed by atoms with Gasteiger partial charge in [-0.2, -0.15) is 0 Å². The van der Waals surface area contributed by atoms with Crippen molar-refractivity contribution in [3.8, 4) is 5.75 Å². The molecule has 5 heteroatoms. The molecule has 0 aliphatic carbocycles. The largest absolute Gasteiger partial charge is 0.494 e. The molecular formula is C15H18BrN3O. The molecule has 1 aliphatic rings. The molecule has 2 heterocycles. The molecule has 0 unspecified atom stereocenters. The summed E-state index contributed by atoms with van der Waals surface area (Å²) in [6, 6.07) is 6.10. The zero-order chi connectivity index (χ0) is 13.9. The summed E-state index contributed by atoms with van der Waals surface area (Å²) in [6.45, 7) is 6.73. The summed E-state index contributed by atoms with van der Waals surface area (Å²) in [5.41, 5.74) is 2.23. The number of benzene rings is 1. The number of hydrogen-bond acceptors (Lipinski definition) is 4. The number of nitrogens with one attached hydrogen (secondary N) is 1. The summed E-state index contributed by atoms with van der Waals surface area (Å²) in [7, 11) is 0. The molecule has 1 aromatic carbocycles. The highest BCUT2D eigenvalue weighted by Crippen LogP contribution is 2.35. The van der Waals surface area contributed by atoms with E-state index >= 15 is 0 Å². The zero-order valence-corrected chi connectivity index (χ0v) is 13.1. The van der Waals surface area contributed by atoms with Gasteiger partial charge in [-0.1, -0.05) is 0 Å². The first kappa shape index (κ1) is 13.6. The van der Waals surface area contributed by atoms with Gasteiger partial charge < -0.3 is 15.0 Å². The Balaban J connectivity index is 2.11. The number of hydrogen-bond donors (Lipinski definition) is 1. The molecule has 1 aromatic heterocycles. The van der Waals surface area contributed by atoms with E-state index in [2.05, 4.69) is 37.2 Å². The number of piperazine rings is 1. The summed E-state index contributed by atoms with van der Waals surface area (Å²) < 4.78 is 6.66. The predicted molar refractivity (Wildman–Crippen MR) is 85.7 cm³/mol. The fourth-order valence-electron chi connectivity index (χ4n) is 2.60. The summed E-state index contributed by atoms with van der Waals surface area (Å²) in [5.74, 6) is 0.899. The van der Waals surface area contributed by atoms with Crippen LogP contribution in [0, 0.1) is 0 Å². The maximum Gasteiger partial charge on any atom is 0.120 e. The van der Waals surface area contributed by atoms with Crippen molar-refractivity contribution in [1.82, 2.24) is 10.3 Å². The van der Waals surface area contributed by atoms with Crippen LogP contribution in [0.5, 0.6) is 5.75 Å². The first-order valence-electron chi connectivity index (χ1n) is 6.96. The SMILES string of the molecule is CCOc1ccc2ncc(Br)c(N3CCNCC3)c2c1. The van der Waals surface area contributed by atoms with Gasteiger partial charge in [0.2, 0.25) is 0 Å². The molecule has 106 valence electrons. The van der Waals surface area contributed by atoms with Gasteiger partial charge in [-0.05, 0) is 41.1 Å². The van der Waals surface area contributed by atoms with Crippen LogP contribution in [0.2, 0.25) is 0 Å². The Kier molecular flexibility index (Phi) is 4.08. The van der Waals surface area contributed by atoms with Gasteiger partial charge in [-0.15, -0.1) is 0 Å². The number of halogens is 1. The fourth-order valence-corrected chi connectivity index (χ4v) is 3.17. The molecule has 1 saturated heterocycles. The number of aromatic nitrogens is 1. The van der Waals surface area contributed by atoms with Crippen molar-refractivity contribution >= 4 is 32.5 Å². The molecule has 20 heavy (non-hydrogen) atoms. The molecule has 0 amide bonds. The van der Waals surface area contributed by atoms with Crippen LogP contribution >= 0.6 is 15.9 Å². The van der Waals surface area contributed by atoms with Gasteiger partial charge in [0.05, 0.1) is 22.3 Å². The van der Waals surface area contributed by atoms with Crippen molar-refractivity contribution in [3.05, 3.63) is 28.9 Å². The molecule has 1 N–H and O–H groups in total. The van der Waals surface area contributed by atoms with Crippen LogP contribution in [-0.2, 0) is 0 Å². The van der Waals surface area contributed by atoms with E-state index in [1.807, 2.05) is 25.3 Å². The van der Waals surface area contributed by atoms with E-state index in [0.29, 0.717) is 6.61 Å². The normalized spacial score (nSPS) is 15.6. The van der Waals surface area contributed by atoms with Crippen LogP contribution in [-0.4, -0.2) is 37.8 Å². The van der Waals surface area contributed by atoms with E-state index in [4.69, 9.17) is 4.74 Å². The fraction of sp³-hybridized carbons (Fsp3) is 0.400. The molecule has 0 radical (unpaired) electrons. The predicted octanol–water partition coefficient (Wildman–Crippen LogP) is 2.81. The second-order valence-electron chi connectivity index (χ2n) is 4.80. The Morgan fingerprint density at radius 2 is 2.15 bits per heavy atom. The highest BCUT2D eigenvalue weighted by molar-refractivity contribution is 9.10. The smallest absolute Gasteiger partial charge is 0.120 e. The lowest BCUT2D eigenvalue weighted by molar-refractivity contribution is 0.340. The molecule has 1 fully saturated rings. The van der Waals surface area contributed by atoms with Crippen LogP contribution in [0.1, 0.15) is 6.92 Å². The topological polar surface area (TPSA) is 37.4 Å². The second-order valence-corrected chi connectivity index (χ2v) is 5.66. The van der Waals surface area contributed by atoms with Crippen LogP contribution < -0.4 is 15.0 Å². The molecule has 0 saturated carbocycles. The highest BCUT2D eigenvalue weighted by atomic mass is 79.9.